The van der Waals surface area contributed by atoms with Gasteiger partial charge in [0.05, 0.1) is 12.8 Å². The fraction of sp³-hybridized carbons (Fsp3) is 0.231. The van der Waals surface area contributed by atoms with Gasteiger partial charge < -0.3 is 10.5 Å². The normalized spacial score (nSPS) is 10.3. The highest BCUT2D eigenvalue weighted by molar-refractivity contribution is 5.70. The van der Waals surface area contributed by atoms with Gasteiger partial charge in [0.15, 0.2) is 0 Å². The third-order valence-corrected chi connectivity index (χ3v) is 2.84. The minimum Gasteiger partial charge on any atom is -0.496 e. The fourth-order valence-electron chi connectivity index (χ4n) is 1.74. The third-order valence-electron chi connectivity index (χ3n) is 2.84. The SMILES string of the molecule is COc1c(-c2ccc(N)nn2)ccc(C)c1C. The van der Waals surface area contributed by atoms with Crippen LogP contribution < -0.4 is 10.5 Å². The molecule has 0 aliphatic carbocycles. The van der Waals surface area contributed by atoms with Gasteiger partial charge in [-0.3, -0.25) is 0 Å². The molecule has 0 bridgehead atoms. The van der Waals surface area contributed by atoms with E-state index < -0.39 is 0 Å². The van der Waals surface area contributed by atoms with Gasteiger partial charge in [0.25, 0.3) is 0 Å². The highest BCUT2D eigenvalue weighted by atomic mass is 16.5. The Morgan fingerprint density at radius 1 is 1.06 bits per heavy atom. The lowest BCUT2D eigenvalue weighted by atomic mass is 10.0. The van der Waals surface area contributed by atoms with Gasteiger partial charge in [-0.15, -0.1) is 10.2 Å². The summed E-state index contributed by atoms with van der Waals surface area (Å²) in [6.07, 6.45) is 0. The Bertz CT molecular complexity index is 535. The predicted molar refractivity (Wildman–Crippen MR) is 67.9 cm³/mol. The Kier molecular flexibility index (Phi) is 2.95. The highest BCUT2D eigenvalue weighted by Gasteiger charge is 2.11. The van der Waals surface area contributed by atoms with E-state index in [4.69, 9.17) is 10.5 Å². The second kappa shape index (κ2) is 4.41. The zero-order valence-electron chi connectivity index (χ0n) is 10.2. The molecule has 2 N–H and O–H groups in total. The van der Waals surface area contributed by atoms with Gasteiger partial charge in [-0.2, -0.15) is 0 Å². The topological polar surface area (TPSA) is 61.0 Å². The Hall–Kier alpha value is -2.10. The maximum absolute atomic E-state index is 5.52. The number of nitrogens with two attached hydrogens (primary N) is 1. The van der Waals surface area contributed by atoms with Gasteiger partial charge in [0, 0.05) is 5.56 Å². The van der Waals surface area contributed by atoms with Crippen molar-refractivity contribution >= 4 is 5.82 Å². The number of anilines is 1. The molecule has 0 unspecified atom stereocenters. The van der Waals surface area contributed by atoms with E-state index in [9.17, 15) is 0 Å². The van der Waals surface area contributed by atoms with E-state index in [-0.39, 0.29) is 0 Å². The molecule has 1 aromatic heterocycles. The van der Waals surface area contributed by atoms with Crippen LogP contribution in [0.2, 0.25) is 0 Å². The van der Waals surface area contributed by atoms with Crippen molar-refractivity contribution in [1.29, 1.82) is 0 Å². The molecule has 0 aliphatic rings. The molecule has 4 heteroatoms. The summed E-state index contributed by atoms with van der Waals surface area (Å²) in [7, 11) is 1.66. The molecule has 0 atom stereocenters. The molecule has 2 aromatic rings. The second-order valence-corrected chi connectivity index (χ2v) is 3.93. The summed E-state index contributed by atoms with van der Waals surface area (Å²) in [6.45, 7) is 4.08. The Morgan fingerprint density at radius 3 is 2.41 bits per heavy atom. The van der Waals surface area contributed by atoms with E-state index in [1.165, 1.54) is 5.56 Å². The van der Waals surface area contributed by atoms with Crippen molar-refractivity contribution in [2.45, 2.75) is 13.8 Å². The minimum atomic E-state index is 0.413. The average Bonchev–Trinajstić information content (AvgIpc) is 2.34. The molecular formula is C13H15N3O. The van der Waals surface area contributed by atoms with Crippen LogP contribution in [0.5, 0.6) is 5.75 Å². The highest BCUT2D eigenvalue weighted by Crippen LogP contribution is 2.33. The van der Waals surface area contributed by atoms with Crippen molar-refractivity contribution in [1.82, 2.24) is 10.2 Å². The smallest absolute Gasteiger partial charge is 0.146 e. The minimum absolute atomic E-state index is 0.413. The number of benzene rings is 1. The van der Waals surface area contributed by atoms with Crippen LogP contribution in [-0.4, -0.2) is 17.3 Å². The first-order valence-corrected chi connectivity index (χ1v) is 5.37. The van der Waals surface area contributed by atoms with E-state index in [2.05, 4.69) is 17.1 Å². The van der Waals surface area contributed by atoms with Crippen molar-refractivity contribution in [3.8, 4) is 17.0 Å². The number of methoxy groups -OCH3 is 1. The standard InChI is InChI=1S/C13H15N3O/c1-8-4-5-10(13(17-3)9(8)2)11-6-7-12(14)16-15-11/h4-7H,1-3H3,(H2,14,16). The summed E-state index contributed by atoms with van der Waals surface area (Å²) < 4.78 is 5.44. The van der Waals surface area contributed by atoms with E-state index in [0.717, 1.165) is 22.6 Å². The number of hydrogen-bond donors (Lipinski definition) is 1. The summed E-state index contributed by atoms with van der Waals surface area (Å²) in [5, 5.41) is 7.93. The van der Waals surface area contributed by atoms with Gasteiger partial charge in [-0.05, 0) is 43.2 Å². The summed E-state index contributed by atoms with van der Waals surface area (Å²) in [5.41, 5.74) is 9.52. The Morgan fingerprint density at radius 2 is 1.82 bits per heavy atom. The first kappa shape index (κ1) is 11.4. The number of ether oxygens (including phenoxy) is 1. The van der Waals surface area contributed by atoms with Crippen LogP contribution in [-0.2, 0) is 0 Å². The molecule has 0 amide bonds. The largest absolute Gasteiger partial charge is 0.496 e. The lowest BCUT2D eigenvalue weighted by molar-refractivity contribution is 0.413. The molecule has 1 heterocycles. The number of nitrogens with zero attached hydrogens (tertiary/aromatic N) is 2. The molecule has 0 saturated heterocycles. The molecule has 0 radical (unpaired) electrons. The molecular weight excluding hydrogens is 214 g/mol. The monoisotopic (exact) mass is 229 g/mol. The second-order valence-electron chi connectivity index (χ2n) is 3.93. The van der Waals surface area contributed by atoms with Crippen LogP contribution in [0.15, 0.2) is 24.3 Å². The molecule has 2 rings (SSSR count). The Labute approximate surface area is 100 Å². The number of nitrogen functional groups attached to an aromatic ring is 1. The van der Waals surface area contributed by atoms with Crippen LogP contribution in [0.1, 0.15) is 11.1 Å². The number of rotatable bonds is 2. The van der Waals surface area contributed by atoms with Gasteiger partial charge in [-0.1, -0.05) is 6.07 Å². The molecule has 0 fully saturated rings. The van der Waals surface area contributed by atoms with E-state index >= 15 is 0 Å². The summed E-state index contributed by atoms with van der Waals surface area (Å²) in [4.78, 5) is 0. The predicted octanol–water partition coefficient (Wildman–Crippen LogP) is 2.35. The average molecular weight is 229 g/mol. The Balaban J connectivity index is 2.59. The van der Waals surface area contributed by atoms with E-state index in [1.54, 1.807) is 13.2 Å². The summed E-state index contributed by atoms with van der Waals surface area (Å²) in [6, 6.07) is 7.61. The first-order chi connectivity index (χ1) is 8.13. The van der Waals surface area contributed by atoms with Crippen molar-refractivity contribution in [3.05, 3.63) is 35.4 Å². The van der Waals surface area contributed by atoms with Crippen LogP contribution in [0.25, 0.3) is 11.3 Å². The van der Waals surface area contributed by atoms with Crippen molar-refractivity contribution in [2.24, 2.45) is 0 Å². The van der Waals surface area contributed by atoms with Crippen LogP contribution in [0.4, 0.5) is 5.82 Å². The molecule has 1 aromatic carbocycles. The number of aryl methyl sites for hydroxylation is 1. The molecule has 0 spiro atoms. The number of hydrogen-bond acceptors (Lipinski definition) is 4. The van der Waals surface area contributed by atoms with Gasteiger partial charge >= 0.3 is 0 Å². The van der Waals surface area contributed by atoms with Crippen LogP contribution in [0, 0.1) is 13.8 Å². The van der Waals surface area contributed by atoms with E-state index in [0.29, 0.717) is 5.82 Å². The van der Waals surface area contributed by atoms with Crippen molar-refractivity contribution in [3.63, 3.8) is 0 Å². The van der Waals surface area contributed by atoms with Crippen molar-refractivity contribution in [2.75, 3.05) is 12.8 Å². The molecule has 4 nitrogen and oxygen atoms in total. The maximum Gasteiger partial charge on any atom is 0.146 e. The van der Waals surface area contributed by atoms with Gasteiger partial charge in [-0.25, -0.2) is 0 Å². The fourth-order valence-corrected chi connectivity index (χ4v) is 1.74. The third kappa shape index (κ3) is 2.06. The number of aromatic nitrogens is 2. The lowest BCUT2D eigenvalue weighted by Gasteiger charge is -2.12. The zero-order chi connectivity index (χ0) is 12.4. The molecule has 17 heavy (non-hydrogen) atoms. The maximum atomic E-state index is 5.52. The summed E-state index contributed by atoms with van der Waals surface area (Å²) in [5.74, 6) is 1.25. The van der Waals surface area contributed by atoms with Gasteiger partial charge in [0.2, 0.25) is 0 Å². The zero-order valence-corrected chi connectivity index (χ0v) is 10.2. The quantitative estimate of drug-likeness (QED) is 0.858. The molecule has 0 aliphatic heterocycles. The summed E-state index contributed by atoms with van der Waals surface area (Å²) >= 11 is 0. The lowest BCUT2D eigenvalue weighted by Crippen LogP contribution is -1.97. The van der Waals surface area contributed by atoms with Crippen LogP contribution in [0.3, 0.4) is 0 Å². The van der Waals surface area contributed by atoms with E-state index in [1.807, 2.05) is 25.1 Å². The van der Waals surface area contributed by atoms with Crippen LogP contribution >= 0.6 is 0 Å². The van der Waals surface area contributed by atoms with Crippen molar-refractivity contribution < 1.29 is 4.74 Å². The van der Waals surface area contributed by atoms with Gasteiger partial charge in [0.1, 0.15) is 11.6 Å². The molecule has 0 saturated carbocycles. The molecule has 88 valence electrons. The first-order valence-electron chi connectivity index (χ1n) is 5.37.